The zero-order chi connectivity index (χ0) is 16.3. The summed E-state index contributed by atoms with van der Waals surface area (Å²) in [5, 5.41) is 0. The summed E-state index contributed by atoms with van der Waals surface area (Å²) in [6.07, 6.45) is 0. The molecular formula is C22H22O. The third-order valence-electron chi connectivity index (χ3n) is 4.70. The van der Waals surface area contributed by atoms with Crippen LogP contribution in [0.15, 0.2) is 78.9 Å². The molecule has 0 aromatic heterocycles. The molecule has 0 heterocycles. The van der Waals surface area contributed by atoms with Gasteiger partial charge >= 0.3 is 0 Å². The molecule has 0 amide bonds. The summed E-state index contributed by atoms with van der Waals surface area (Å²) in [7, 11) is 1.70. The second-order valence-corrected chi connectivity index (χ2v) is 6.03. The van der Waals surface area contributed by atoms with Gasteiger partial charge in [-0.3, -0.25) is 0 Å². The number of hydrogen-bond donors (Lipinski definition) is 0. The predicted octanol–water partition coefficient (Wildman–Crippen LogP) is 5.36. The van der Waals surface area contributed by atoms with E-state index in [1.807, 2.05) is 12.1 Å². The first-order valence-electron chi connectivity index (χ1n) is 7.92. The lowest BCUT2D eigenvalue weighted by Crippen LogP contribution is -2.26. The minimum Gasteiger partial charge on any atom is -0.497 e. The Bertz CT molecular complexity index is 775. The molecule has 1 nitrogen and oxygen atoms in total. The molecular weight excluding hydrogens is 280 g/mol. The van der Waals surface area contributed by atoms with Gasteiger partial charge in [0.15, 0.2) is 0 Å². The van der Waals surface area contributed by atoms with Crippen molar-refractivity contribution >= 4 is 0 Å². The molecule has 0 aliphatic heterocycles. The van der Waals surface area contributed by atoms with Crippen LogP contribution in [0.5, 0.6) is 5.75 Å². The molecule has 1 unspecified atom stereocenters. The first-order chi connectivity index (χ1) is 11.2. The SMILES string of the molecule is COc1ccc(C(C)(c2ccccc2)c2ccccc2C)cc1. The number of hydrogen-bond acceptors (Lipinski definition) is 1. The van der Waals surface area contributed by atoms with E-state index in [2.05, 4.69) is 80.6 Å². The highest BCUT2D eigenvalue weighted by molar-refractivity contribution is 5.52. The molecule has 23 heavy (non-hydrogen) atoms. The molecule has 0 saturated heterocycles. The monoisotopic (exact) mass is 302 g/mol. The fourth-order valence-corrected chi connectivity index (χ4v) is 3.31. The quantitative estimate of drug-likeness (QED) is 0.590. The van der Waals surface area contributed by atoms with Gasteiger partial charge in [0.05, 0.1) is 7.11 Å². The van der Waals surface area contributed by atoms with E-state index in [1.165, 1.54) is 22.3 Å². The summed E-state index contributed by atoms with van der Waals surface area (Å²) in [5.41, 5.74) is 4.99. The van der Waals surface area contributed by atoms with Gasteiger partial charge in [0, 0.05) is 5.41 Å². The largest absolute Gasteiger partial charge is 0.497 e. The minimum absolute atomic E-state index is 0.196. The van der Waals surface area contributed by atoms with Gasteiger partial charge in [0.1, 0.15) is 5.75 Å². The molecule has 1 atom stereocenters. The van der Waals surface area contributed by atoms with Gasteiger partial charge in [-0.1, -0.05) is 66.7 Å². The molecule has 0 aliphatic rings. The van der Waals surface area contributed by atoms with E-state index in [4.69, 9.17) is 4.74 Å². The molecule has 0 bridgehead atoms. The molecule has 0 spiro atoms. The van der Waals surface area contributed by atoms with Crippen LogP contribution >= 0.6 is 0 Å². The molecule has 1 heteroatoms. The maximum Gasteiger partial charge on any atom is 0.118 e. The molecule has 3 aromatic carbocycles. The smallest absolute Gasteiger partial charge is 0.118 e. The maximum absolute atomic E-state index is 5.32. The van der Waals surface area contributed by atoms with Crippen LogP contribution in [0.2, 0.25) is 0 Å². The lowest BCUT2D eigenvalue weighted by molar-refractivity contribution is 0.414. The lowest BCUT2D eigenvalue weighted by Gasteiger charge is -2.33. The number of rotatable bonds is 4. The van der Waals surface area contributed by atoms with Crippen LogP contribution in [0.4, 0.5) is 0 Å². The number of ether oxygens (including phenoxy) is 1. The standard InChI is InChI=1S/C22H22O/c1-17-9-7-8-12-21(17)22(2,18-10-5-4-6-11-18)19-13-15-20(23-3)16-14-19/h4-16H,1-3H3. The molecule has 0 N–H and O–H groups in total. The van der Waals surface area contributed by atoms with Crippen molar-refractivity contribution in [2.45, 2.75) is 19.3 Å². The van der Waals surface area contributed by atoms with Crippen molar-refractivity contribution in [1.29, 1.82) is 0 Å². The molecule has 0 fully saturated rings. The zero-order valence-corrected chi connectivity index (χ0v) is 13.9. The van der Waals surface area contributed by atoms with Crippen molar-refractivity contribution in [2.24, 2.45) is 0 Å². The van der Waals surface area contributed by atoms with Crippen LogP contribution in [0.1, 0.15) is 29.2 Å². The van der Waals surface area contributed by atoms with E-state index in [0.717, 1.165) is 5.75 Å². The molecule has 0 saturated carbocycles. The Balaban J connectivity index is 2.23. The van der Waals surface area contributed by atoms with E-state index >= 15 is 0 Å². The van der Waals surface area contributed by atoms with Crippen molar-refractivity contribution in [1.82, 2.24) is 0 Å². The molecule has 3 rings (SSSR count). The van der Waals surface area contributed by atoms with Crippen LogP contribution in [0, 0.1) is 6.92 Å². The normalized spacial score (nSPS) is 13.3. The summed E-state index contributed by atoms with van der Waals surface area (Å²) in [6.45, 7) is 4.48. The summed E-state index contributed by atoms with van der Waals surface area (Å²) in [4.78, 5) is 0. The maximum atomic E-state index is 5.32. The molecule has 116 valence electrons. The second kappa shape index (κ2) is 6.29. The summed E-state index contributed by atoms with van der Waals surface area (Å²) in [6, 6.07) is 27.7. The first kappa shape index (κ1) is 15.4. The highest BCUT2D eigenvalue weighted by Gasteiger charge is 2.32. The Hall–Kier alpha value is -2.54. The van der Waals surface area contributed by atoms with Gasteiger partial charge in [0.2, 0.25) is 0 Å². The Morgan fingerprint density at radius 2 is 1.26 bits per heavy atom. The topological polar surface area (TPSA) is 9.23 Å². The Morgan fingerprint density at radius 1 is 0.696 bits per heavy atom. The summed E-state index contributed by atoms with van der Waals surface area (Å²) >= 11 is 0. The second-order valence-electron chi connectivity index (χ2n) is 6.03. The Labute approximate surface area is 138 Å². The van der Waals surface area contributed by atoms with Gasteiger partial charge in [-0.15, -0.1) is 0 Å². The third kappa shape index (κ3) is 2.75. The van der Waals surface area contributed by atoms with Gasteiger partial charge in [0.25, 0.3) is 0 Å². The molecule has 3 aromatic rings. The van der Waals surface area contributed by atoms with E-state index in [-0.39, 0.29) is 5.41 Å². The minimum atomic E-state index is -0.196. The molecule has 0 aliphatic carbocycles. The summed E-state index contributed by atoms with van der Waals surface area (Å²) < 4.78 is 5.32. The van der Waals surface area contributed by atoms with Crippen LogP contribution in [0.25, 0.3) is 0 Å². The van der Waals surface area contributed by atoms with Gasteiger partial charge in [-0.25, -0.2) is 0 Å². The van der Waals surface area contributed by atoms with Crippen molar-refractivity contribution < 1.29 is 4.74 Å². The highest BCUT2D eigenvalue weighted by atomic mass is 16.5. The summed E-state index contributed by atoms with van der Waals surface area (Å²) in [5.74, 6) is 0.883. The van der Waals surface area contributed by atoms with Gasteiger partial charge < -0.3 is 4.74 Å². The van der Waals surface area contributed by atoms with Crippen molar-refractivity contribution in [3.8, 4) is 5.75 Å². The van der Waals surface area contributed by atoms with Crippen LogP contribution < -0.4 is 4.74 Å². The van der Waals surface area contributed by atoms with Gasteiger partial charge in [-0.2, -0.15) is 0 Å². The third-order valence-corrected chi connectivity index (χ3v) is 4.70. The fourth-order valence-electron chi connectivity index (χ4n) is 3.31. The van der Waals surface area contributed by atoms with E-state index in [9.17, 15) is 0 Å². The van der Waals surface area contributed by atoms with Gasteiger partial charge in [-0.05, 0) is 48.2 Å². The number of benzene rings is 3. The zero-order valence-electron chi connectivity index (χ0n) is 13.9. The van der Waals surface area contributed by atoms with Crippen LogP contribution in [-0.4, -0.2) is 7.11 Å². The van der Waals surface area contributed by atoms with Crippen molar-refractivity contribution in [3.05, 3.63) is 101 Å². The van der Waals surface area contributed by atoms with E-state index in [1.54, 1.807) is 7.11 Å². The average Bonchev–Trinajstić information content (AvgIpc) is 2.62. The Kier molecular flexibility index (Phi) is 4.20. The van der Waals surface area contributed by atoms with Crippen molar-refractivity contribution in [3.63, 3.8) is 0 Å². The average molecular weight is 302 g/mol. The predicted molar refractivity (Wildman–Crippen MR) is 96.2 cm³/mol. The Morgan fingerprint density at radius 3 is 1.87 bits per heavy atom. The first-order valence-corrected chi connectivity index (χ1v) is 7.92. The van der Waals surface area contributed by atoms with Crippen LogP contribution in [-0.2, 0) is 5.41 Å². The van der Waals surface area contributed by atoms with Crippen LogP contribution in [0.3, 0.4) is 0 Å². The number of aryl methyl sites for hydroxylation is 1. The number of methoxy groups -OCH3 is 1. The molecule has 0 radical (unpaired) electrons. The lowest BCUT2D eigenvalue weighted by atomic mass is 9.70. The van der Waals surface area contributed by atoms with Crippen molar-refractivity contribution in [2.75, 3.05) is 7.11 Å². The fraction of sp³-hybridized carbons (Fsp3) is 0.182. The van der Waals surface area contributed by atoms with E-state index < -0.39 is 0 Å². The highest BCUT2D eigenvalue weighted by Crippen LogP contribution is 2.40. The van der Waals surface area contributed by atoms with E-state index in [0.29, 0.717) is 0 Å².